The first-order valence-electron chi connectivity index (χ1n) is 11.2. The van der Waals surface area contributed by atoms with Gasteiger partial charge < -0.3 is 19.6 Å². The maximum atomic E-state index is 12.4. The highest BCUT2D eigenvalue weighted by Gasteiger charge is 2.29. The van der Waals surface area contributed by atoms with Crippen LogP contribution < -0.4 is 0 Å². The van der Waals surface area contributed by atoms with E-state index in [1.54, 1.807) is 25.1 Å². The number of esters is 1. The van der Waals surface area contributed by atoms with E-state index in [2.05, 4.69) is 20.2 Å². The molecule has 5 rings (SSSR count). The second-order valence-corrected chi connectivity index (χ2v) is 8.99. The number of para-hydroxylation sites is 1. The number of fused-ring (bicyclic) bond motifs is 1. The smallest absolute Gasteiger partial charge is 0.338 e. The van der Waals surface area contributed by atoms with E-state index in [-0.39, 0.29) is 29.2 Å². The van der Waals surface area contributed by atoms with Crippen LogP contribution in [0.5, 0.6) is 5.88 Å². The lowest BCUT2D eigenvalue weighted by atomic mass is 10.0. The van der Waals surface area contributed by atoms with Gasteiger partial charge in [-0.25, -0.2) is 4.79 Å². The fourth-order valence-corrected chi connectivity index (χ4v) is 4.77. The molecule has 0 radical (unpaired) electrons. The van der Waals surface area contributed by atoms with Crippen molar-refractivity contribution in [2.45, 2.75) is 32.0 Å². The van der Waals surface area contributed by atoms with E-state index >= 15 is 0 Å². The van der Waals surface area contributed by atoms with Gasteiger partial charge in [-0.05, 0) is 61.4 Å². The normalized spacial score (nSPS) is 21.3. The van der Waals surface area contributed by atoms with Gasteiger partial charge in [-0.15, -0.1) is 10.2 Å². The summed E-state index contributed by atoms with van der Waals surface area (Å²) >= 11 is 1.12. The van der Waals surface area contributed by atoms with E-state index < -0.39 is 5.91 Å². The van der Waals surface area contributed by atoms with Crippen molar-refractivity contribution in [3.63, 3.8) is 0 Å². The first-order valence-corrected chi connectivity index (χ1v) is 12.0. The van der Waals surface area contributed by atoms with E-state index in [9.17, 15) is 14.7 Å². The van der Waals surface area contributed by atoms with Crippen LogP contribution in [0.2, 0.25) is 0 Å². The van der Waals surface area contributed by atoms with Crippen LogP contribution in [0.15, 0.2) is 74.7 Å². The molecule has 3 heterocycles. The van der Waals surface area contributed by atoms with Crippen molar-refractivity contribution in [1.29, 1.82) is 0 Å². The number of rotatable bonds is 5. The molecule has 2 atom stereocenters. The SMILES string of the molecule is CCOC(=O)c1ccc(C2CCC(/C=C3\SC(N=Nc4c(O)[nH]c5ccccc45)=NC3=O)O2)cc1. The minimum atomic E-state index is -0.391. The van der Waals surface area contributed by atoms with Crippen molar-refractivity contribution in [1.82, 2.24) is 4.98 Å². The molecular formula is C25H22N4O5S. The number of azo groups is 1. The van der Waals surface area contributed by atoms with Crippen molar-refractivity contribution < 1.29 is 24.2 Å². The summed E-state index contributed by atoms with van der Waals surface area (Å²) < 4.78 is 11.1. The largest absolute Gasteiger partial charge is 0.493 e. The number of thioether (sulfide) groups is 1. The van der Waals surface area contributed by atoms with Gasteiger partial charge in [-0.1, -0.05) is 30.3 Å². The Kier molecular flexibility index (Phi) is 6.47. The minimum Gasteiger partial charge on any atom is -0.493 e. The number of aliphatic imine (C=N–C) groups is 1. The number of aromatic hydroxyl groups is 1. The van der Waals surface area contributed by atoms with Crippen molar-refractivity contribution in [2.24, 2.45) is 15.2 Å². The van der Waals surface area contributed by atoms with Gasteiger partial charge in [0.2, 0.25) is 11.0 Å². The van der Waals surface area contributed by atoms with Gasteiger partial charge in [0.15, 0.2) is 5.69 Å². The molecule has 2 N–H and O–H groups in total. The number of ether oxygens (including phenoxy) is 2. The summed E-state index contributed by atoms with van der Waals surface area (Å²) in [4.78, 5) is 31.5. The second-order valence-electron chi connectivity index (χ2n) is 7.98. The topological polar surface area (TPSA) is 126 Å². The first-order chi connectivity index (χ1) is 17.0. The molecule has 1 aromatic heterocycles. The number of benzene rings is 2. The van der Waals surface area contributed by atoms with Crippen LogP contribution in [0.4, 0.5) is 5.69 Å². The molecule has 3 aromatic rings. The fraction of sp³-hybridized carbons (Fsp3) is 0.240. The highest BCUT2D eigenvalue weighted by atomic mass is 32.2. The van der Waals surface area contributed by atoms with Gasteiger partial charge in [0.05, 0.1) is 34.8 Å². The third-order valence-electron chi connectivity index (χ3n) is 5.69. The lowest BCUT2D eigenvalue weighted by molar-refractivity contribution is -0.113. The molecule has 0 bridgehead atoms. The Morgan fingerprint density at radius 3 is 2.83 bits per heavy atom. The molecule has 9 nitrogen and oxygen atoms in total. The highest BCUT2D eigenvalue weighted by molar-refractivity contribution is 8.18. The molecule has 1 amide bonds. The summed E-state index contributed by atoms with van der Waals surface area (Å²) in [6.45, 7) is 2.10. The maximum Gasteiger partial charge on any atom is 0.338 e. The fourth-order valence-electron chi connectivity index (χ4n) is 4.01. The van der Waals surface area contributed by atoms with Crippen LogP contribution in [0.1, 0.15) is 41.8 Å². The van der Waals surface area contributed by atoms with Crippen molar-refractivity contribution in [3.8, 4) is 5.88 Å². The molecule has 2 unspecified atom stereocenters. The standard InChI is InChI=1S/C25H22N4O5S/c1-2-33-24(32)15-9-7-14(8-10-15)19-12-11-16(34-19)13-20-22(30)27-25(35-20)29-28-21-17-5-3-4-6-18(17)26-23(21)31/h3-10,13,16,19,26,31H,2,11-12H2,1H3/b20-13-,29-28?. The zero-order chi connectivity index (χ0) is 24.4. The molecule has 0 spiro atoms. The third kappa shape index (κ3) is 4.89. The van der Waals surface area contributed by atoms with Crippen LogP contribution in [0, 0.1) is 0 Å². The number of amidine groups is 1. The minimum absolute atomic E-state index is 0.0960. The number of nitrogens with one attached hydrogen (secondary N) is 1. The van der Waals surface area contributed by atoms with Crippen molar-refractivity contribution in [3.05, 3.63) is 70.6 Å². The summed E-state index contributed by atoms with van der Waals surface area (Å²) in [7, 11) is 0. The molecule has 0 aliphatic carbocycles. The van der Waals surface area contributed by atoms with Crippen LogP contribution in [-0.4, -0.2) is 39.8 Å². The van der Waals surface area contributed by atoms with Gasteiger partial charge in [0.25, 0.3) is 5.91 Å². The molecule has 2 aliphatic rings. The van der Waals surface area contributed by atoms with E-state index in [0.29, 0.717) is 22.8 Å². The number of hydrogen-bond donors (Lipinski definition) is 2. The number of carbonyl (C=O) groups excluding carboxylic acids is 2. The number of aromatic amines is 1. The lowest BCUT2D eigenvalue weighted by Gasteiger charge is -2.12. The zero-order valence-electron chi connectivity index (χ0n) is 18.8. The Morgan fingerprint density at radius 2 is 2.03 bits per heavy atom. The third-order valence-corrected chi connectivity index (χ3v) is 6.57. The molecule has 0 saturated carbocycles. The van der Waals surface area contributed by atoms with Gasteiger partial charge in [0, 0.05) is 5.39 Å². The van der Waals surface area contributed by atoms with Crippen LogP contribution in [-0.2, 0) is 14.3 Å². The average Bonchev–Trinajstić information content (AvgIpc) is 3.55. The molecular weight excluding hydrogens is 468 g/mol. The summed E-state index contributed by atoms with van der Waals surface area (Å²) in [6, 6.07) is 14.5. The van der Waals surface area contributed by atoms with Crippen LogP contribution in [0.3, 0.4) is 0 Å². The predicted molar refractivity (Wildman–Crippen MR) is 132 cm³/mol. The quantitative estimate of drug-likeness (QED) is 0.274. The zero-order valence-corrected chi connectivity index (χ0v) is 19.6. The summed E-state index contributed by atoms with van der Waals surface area (Å²) in [5.74, 6) is -0.835. The van der Waals surface area contributed by atoms with E-state index in [0.717, 1.165) is 41.1 Å². The molecule has 178 valence electrons. The molecule has 2 aromatic carbocycles. The summed E-state index contributed by atoms with van der Waals surface area (Å²) in [6.07, 6.45) is 2.95. The van der Waals surface area contributed by atoms with Gasteiger partial charge >= 0.3 is 5.97 Å². The highest BCUT2D eigenvalue weighted by Crippen LogP contribution is 2.38. The van der Waals surface area contributed by atoms with Gasteiger partial charge in [-0.3, -0.25) is 4.79 Å². The van der Waals surface area contributed by atoms with Gasteiger partial charge in [-0.2, -0.15) is 4.99 Å². The second kappa shape index (κ2) is 9.85. The number of H-pyrrole nitrogens is 1. The molecule has 1 fully saturated rings. The number of carbonyl (C=O) groups is 2. The molecule has 2 aliphatic heterocycles. The van der Waals surface area contributed by atoms with Crippen molar-refractivity contribution >= 4 is 45.4 Å². The lowest BCUT2D eigenvalue weighted by Crippen LogP contribution is -2.06. The summed E-state index contributed by atoms with van der Waals surface area (Å²) in [5.41, 5.74) is 2.50. The van der Waals surface area contributed by atoms with E-state index in [4.69, 9.17) is 9.47 Å². The molecule has 35 heavy (non-hydrogen) atoms. The number of hydrogen-bond acceptors (Lipinski definition) is 8. The predicted octanol–water partition coefficient (Wildman–Crippen LogP) is 5.57. The number of aromatic nitrogens is 1. The Hall–Kier alpha value is -3.76. The van der Waals surface area contributed by atoms with E-state index in [1.165, 1.54) is 0 Å². The summed E-state index contributed by atoms with van der Waals surface area (Å²) in [5, 5.41) is 19.2. The molecule has 10 heteroatoms. The first kappa shape index (κ1) is 23.0. The number of nitrogens with zero attached hydrogens (tertiary/aromatic N) is 3. The molecule has 1 saturated heterocycles. The van der Waals surface area contributed by atoms with Gasteiger partial charge in [0.1, 0.15) is 0 Å². The van der Waals surface area contributed by atoms with E-state index in [1.807, 2.05) is 36.4 Å². The maximum absolute atomic E-state index is 12.4. The van der Waals surface area contributed by atoms with Crippen LogP contribution in [0.25, 0.3) is 10.9 Å². The Balaban J connectivity index is 1.22. The monoisotopic (exact) mass is 490 g/mol. The van der Waals surface area contributed by atoms with Crippen molar-refractivity contribution in [2.75, 3.05) is 6.61 Å². The Morgan fingerprint density at radius 1 is 1.23 bits per heavy atom. The Labute approximate surface area is 205 Å². The average molecular weight is 491 g/mol. The van der Waals surface area contributed by atoms with Crippen LogP contribution >= 0.6 is 11.8 Å². The Bertz CT molecular complexity index is 1380. The number of amides is 1.